The van der Waals surface area contributed by atoms with E-state index in [1.165, 1.54) is 0 Å². The monoisotopic (exact) mass is 414 g/mol. The van der Waals surface area contributed by atoms with Gasteiger partial charge in [0.25, 0.3) is 5.95 Å². The van der Waals surface area contributed by atoms with E-state index in [9.17, 15) is 4.79 Å². The van der Waals surface area contributed by atoms with E-state index in [-0.39, 0.29) is 17.7 Å². The van der Waals surface area contributed by atoms with Gasteiger partial charge in [0.05, 0.1) is 17.6 Å². The Kier molecular flexibility index (Phi) is 5.27. The van der Waals surface area contributed by atoms with Crippen molar-refractivity contribution in [3.05, 3.63) is 71.3 Å². The maximum absolute atomic E-state index is 13.0. The van der Waals surface area contributed by atoms with Crippen molar-refractivity contribution in [3.8, 4) is 5.95 Å². The molecular formula is C24H26N6O. The van der Waals surface area contributed by atoms with Gasteiger partial charge >= 0.3 is 0 Å². The molecule has 0 aliphatic heterocycles. The molecule has 3 aromatic heterocycles. The van der Waals surface area contributed by atoms with Crippen LogP contribution in [0.3, 0.4) is 0 Å². The first-order valence-corrected chi connectivity index (χ1v) is 10.3. The average Bonchev–Trinajstić information content (AvgIpc) is 3.16. The number of nitrogens with one attached hydrogen (secondary N) is 1. The maximum Gasteiger partial charge on any atom is 0.252 e. The highest BCUT2D eigenvalue weighted by Crippen LogP contribution is 2.26. The first-order valence-electron chi connectivity index (χ1n) is 10.3. The molecule has 31 heavy (non-hydrogen) atoms. The average molecular weight is 415 g/mol. The zero-order valence-electron chi connectivity index (χ0n) is 18.5. The predicted octanol–water partition coefficient (Wildman–Crippen LogP) is 4.31. The van der Waals surface area contributed by atoms with Crippen molar-refractivity contribution < 1.29 is 4.79 Å². The number of benzene rings is 1. The summed E-state index contributed by atoms with van der Waals surface area (Å²) < 4.78 is 1.58. The Hall–Kier alpha value is -3.61. The number of hydrogen-bond acceptors (Lipinski definition) is 5. The van der Waals surface area contributed by atoms with Crippen molar-refractivity contribution in [2.45, 2.75) is 46.5 Å². The van der Waals surface area contributed by atoms with E-state index < -0.39 is 0 Å². The zero-order valence-corrected chi connectivity index (χ0v) is 18.5. The number of anilines is 1. The Balaban J connectivity index is 1.66. The Bertz CT molecular complexity index is 1250. The summed E-state index contributed by atoms with van der Waals surface area (Å²) in [7, 11) is 0. The van der Waals surface area contributed by atoms with Crippen LogP contribution >= 0.6 is 0 Å². The van der Waals surface area contributed by atoms with Crippen LogP contribution in [0.15, 0.2) is 48.8 Å². The van der Waals surface area contributed by atoms with Crippen molar-refractivity contribution >= 4 is 22.6 Å². The van der Waals surface area contributed by atoms with Crippen LogP contribution in [-0.2, 0) is 16.6 Å². The number of carbonyl (C=O) groups is 1. The molecule has 0 saturated carbocycles. The normalized spacial score (nSPS) is 11.6. The first kappa shape index (κ1) is 20.7. The fourth-order valence-corrected chi connectivity index (χ4v) is 3.57. The van der Waals surface area contributed by atoms with Crippen LogP contribution in [-0.4, -0.2) is 30.6 Å². The van der Waals surface area contributed by atoms with Gasteiger partial charge in [-0.3, -0.25) is 9.78 Å². The summed E-state index contributed by atoms with van der Waals surface area (Å²) in [6.07, 6.45) is 3.53. The van der Waals surface area contributed by atoms with Gasteiger partial charge in [-0.25, -0.2) is 9.97 Å². The van der Waals surface area contributed by atoms with Crippen LogP contribution in [0.5, 0.6) is 0 Å². The van der Waals surface area contributed by atoms with E-state index in [0.29, 0.717) is 11.8 Å². The summed E-state index contributed by atoms with van der Waals surface area (Å²) in [4.78, 5) is 26.3. The number of para-hydroxylation sites is 1. The van der Waals surface area contributed by atoms with Gasteiger partial charge in [-0.1, -0.05) is 39.0 Å². The van der Waals surface area contributed by atoms with Crippen LogP contribution < -0.4 is 5.32 Å². The topological polar surface area (TPSA) is 85.6 Å². The number of pyridine rings is 1. The third-order valence-electron chi connectivity index (χ3n) is 5.31. The van der Waals surface area contributed by atoms with Gasteiger partial charge in [0.1, 0.15) is 5.82 Å². The number of aryl methyl sites for hydroxylation is 2. The summed E-state index contributed by atoms with van der Waals surface area (Å²) >= 11 is 0. The lowest BCUT2D eigenvalue weighted by molar-refractivity contribution is -0.115. The van der Waals surface area contributed by atoms with Crippen LogP contribution in [0.25, 0.3) is 16.9 Å². The third kappa shape index (κ3) is 4.17. The van der Waals surface area contributed by atoms with E-state index >= 15 is 0 Å². The number of fused-ring (bicyclic) bond motifs is 1. The molecule has 1 N–H and O–H groups in total. The second-order valence-electron chi connectivity index (χ2n) is 8.67. The molecule has 1 amide bonds. The maximum atomic E-state index is 13.0. The van der Waals surface area contributed by atoms with E-state index in [4.69, 9.17) is 0 Å². The molecule has 0 atom stereocenters. The number of carbonyl (C=O) groups excluding carboxylic acids is 1. The van der Waals surface area contributed by atoms with Gasteiger partial charge < -0.3 is 5.32 Å². The summed E-state index contributed by atoms with van der Waals surface area (Å²) in [6.45, 7) is 10.2. The fourth-order valence-electron chi connectivity index (χ4n) is 3.57. The van der Waals surface area contributed by atoms with Crippen LogP contribution in [0.1, 0.15) is 43.3 Å². The zero-order chi connectivity index (χ0) is 22.2. The van der Waals surface area contributed by atoms with Gasteiger partial charge in [0.15, 0.2) is 0 Å². The predicted molar refractivity (Wildman–Crippen MR) is 121 cm³/mol. The standard InChI is InChI=1S/C24H26N6O/c1-15-17-9-6-7-10-19(17)27-16(2)18(15)13-22(31)28-21-14-20(24(3,4)5)29-30(21)23-25-11-8-12-26-23/h6-12,14H,13H2,1-5H3,(H,28,31). The van der Waals surface area contributed by atoms with Gasteiger partial charge in [0.2, 0.25) is 5.91 Å². The molecule has 0 bridgehead atoms. The molecule has 0 unspecified atom stereocenters. The third-order valence-corrected chi connectivity index (χ3v) is 5.31. The largest absolute Gasteiger partial charge is 0.310 e. The van der Waals surface area contributed by atoms with Gasteiger partial charge in [0, 0.05) is 35.0 Å². The molecular weight excluding hydrogens is 388 g/mol. The van der Waals surface area contributed by atoms with Crippen molar-refractivity contribution in [2.75, 3.05) is 5.32 Å². The van der Waals surface area contributed by atoms with Crippen LogP contribution in [0, 0.1) is 13.8 Å². The molecule has 0 saturated heterocycles. The molecule has 0 radical (unpaired) electrons. The molecule has 158 valence electrons. The van der Waals surface area contributed by atoms with Crippen molar-refractivity contribution in [2.24, 2.45) is 0 Å². The molecule has 0 aliphatic rings. The van der Waals surface area contributed by atoms with E-state index in [2.05, 4.69) is 46.1 Å². The summed E-state index contributed by atoms with van der Waals surface area (Å²) in [5.41, 5.74) is 4.48. The number of aromatic nitrogens is 5. The highest BCUT2D eigenvalue weighted by molar-refractivity contribution is 5.93. The second kappa shape index (κ2) is 7.91. The Morgan fingerprint density at radius 3 is 2.48 bits per heavy atom. The van der Waals surface area contributed by atoms with Crippen LogP contribution in [0.4, 0.5) is 5.82 Å². The van der Waals surface area contributed by atoms with Crippen molar-refractivity contribution in [3.63, 3.8) is 0 Å². The Morgan fingerprint density at radius 2 is 1.77 bits per heavy atom. The summed E-state index contributed by atoms with van der Waals surface area (Å²) in [6, 6.07) is 11.6. The molecule has 4 rings (SSSR count). The number of hydrogen-bond donors (Lipinski definition) is 1. The lowest BCUT2D eigenvalue weighted by atomic mass is 9.92. The number of amides is 1. The molecule has 7 nitrogen and oxygen atoms in total. The van der Waals surface area contributed by atoms with E-state index in [1.807, 2.05) is 44.2 Å². The SMILES string of the molecule is Cc1nc2ccccc2c(C)c1CC(=O)Nc1cc(C(C)(C)C)nn1-c1ncccn1. The summed E-state index contributed by atoms with van der Waals surface area (Å²) in [5.74, 6) is 0.819. The summed E-state index contributed by atoms with van der Waals surface area (Å²) in [5, 5.41) is 8.72. The highest BCUT2D eigenvalue weighted by Gasteiger charge is 2.23. The molecule has 1 aromatic carbocycles. The van der Waals surface area contributed by atoms with E-state index in [1.54, 1.807) is 23.1 Å². The molecule has 4 aromatic rings. The highest BCUT2D eigenvalue weighted by atomic mass is 16.1. The smallest absolute Gasteiger partial charge is 0.252 e. The number of nitrogens with zero attached hydrogens (tertiary/aromatic N) is 5. The Morgan fingerprint density at radius 1 is 1.06 bits per heavy atom. The Labute approximate surface area is 181 Å². The second-order valence-corrected chi connectivity index (χ2v) is 8.67. The minimum Gasteiger partial charge on any atom is -0.310 e. The molecule has 3 heterocycles. The van der Waals surface area contributed by atoms with Crippen molar-refractivity contribution in [1.82, 2.24) is 24.7 Å². The molecule has 0 aliphatic carbocycles. The van der Waals surface area contributed by atoms with E-state index in [0.717, 1.165) is 33.4 Å². The molecule has 0 spiro atoms. The minimum absolute atomic E-state index is 0.138. The minimum atomic E-state index is -0.186. The van der Waals surface area contributed by atoms with Crippen LogP contribution in [0.2, 0.25) is 0 Å². The fraction of sp³-hybridized carbons (Fsp3) is 0.292. The molecule has 7 heteroatoms. The van der Waals surface area contributed by atoms with Gasteiger partial charge in [-0.2, -0.15) is 9.78 Å². The van der Waals surface area contributed by atoms with Crippen molar-refractivity contribution in [1.29, 1.82) is 0 Å². The lowest BCUT2D eigenvalue weighted by Gasteiger charge is -2.13. The lowest BCUT2D eigenvalue weighted by Crippen LogP contribution is -2.19. The first-order chi connectivity index (χ1) is 14.7. The quantitative estimate of drug-likeness (QED) is 0.538. The van der Waals surface area contributed by atoms with Gasteiger partial charge in [-0.05, 0) is 37.1 Å². The van der Waals surface area contributed by atoms with Gasteiger partial charge in [-0.15, -0.1) is 0 Å². The number of rotatable bonds is 4. The molecule has 0 fully saturated rings.